The highest BCUT2D eigenvalue weighted by molar-refractivity contribution is 7.90. The summed E-state index contributed by atoms with van der Waals surface area (Å²) in [4.78, 5) is 6.57. The molecular formula is C22H25ClF2N2O3S. The second kappa shape index (κ2) is 8.39. The smallest absolute Gasteiger partial charge is 0.297 e. The van der Waals surface area contributed by atoms with Crippen molar-refractivity contribution >= 4 is 21.4 Å². The Morgan fingerprint density at radius 1 is 1.23 bits per heavy atom. The van der Waals surface area contributed by atoms with Crippen LogP contribution in [0.4, 0.5) is 8.78 Å². The molecule has 4 rings (SSSR count). The van der Waals surface area contributed by atoms with Crippen molar-refractivity contribution in [2.24, 2.45) is 5.41 Å². The summed E-state index contributed by atoms with van der Waals surface area (Å²) < 4.78 is 57.4. The van der Waals surface area contributed by atoms with Crippen molar-refractivity contribution < 1.29 is 21.9 Å². The molecule has 3 heterocycles. The molecule has 168 valence electrons. The van der Waals surface area contributed by atoms with Gasteiger partial charge >= 0.3 is 0 Å². The van der Waals surface area contributed by atoms with E-state index in [9.17, 15) is 17.2 Å². The van der Waals surface area contributed by atoms with E-state index in [0.717, 1.165) is 11.8 Å². The lowest BCUT2D eigenvalue weighted by atomic mass is 9.72. The number of ether oxygens (including phenoxy) is 1. The lowest BCUT2D eigenvalue weighted by Gasteiger charge is -2.48. The van der Waals surface area contributed by atoms with Crippen molar-refractivity contribution in [1.82, 2.24) is 9.88 Å². The third-order valence-corrected chi connectivity index (χ3v) is 7.62. The summed E-state index contributed by atoms with van der Waals surface area (Å²) in [6, 6.07) is 10.7. The summed E-state index contributed by atoms with van der Waals surface area (Å²) in [7, 11) is -3.32. The van der Waals surface area contributed by atoms with Crippen LogP contribution in [0, 0.1) is 5.41 Å². The molecule has 2 fully saturated rings. The molecule has 0 N–H and O–H groups in total. The Morgan fingerprint density at radius 2 is 1.97 bits per heavy atom. The molecule has 0 saturated carbocycles. The number of pyridine rings is 1. The van der Waals surface area contributed by atoms with Gasteiger partial charge in [-0.1, -0.05) is 23.7 Å². The molecule has 0 amide bonds. The fourth-order valence-electron chi connectivity index (χ4n) is 4.59. The van der Waals surface area contributed by atoms with Gasteiger partial charge in [0.15, 0.2) is 9.84 Å². The number of likely N-dealkylation sites (tertiary alicyclic amines) is 1. The van der Waals surface area contributed by atoms with Gasteiger partial charge in [0.2, 0.25) is 0 Å². The maximum Gasteiger partial charge on any atom is 0.297 e. The topological polar surface area (TPSA) is 59.5 Å². The van der Waals surface area contributed by atoms with Crippen LogP contribution in [0.1, 0.15) is 24.1 Å². The van der Waals surface area contributed by atoms with Crippen LogP contribution in [-0.2, 0) is 27.5 Å². The molecule has 5 nitrogen and oxygen atoms in total. The van der Waals surface area contributed by atoms with Crippen LogP contribution < -0.4 is 0 Å². The number of halogens is 3. The number of hydrogen-bond donors (Lipinski definition) is 0. The van der Waals surface area contributed by atoms with Crippen LogP contribution in [0.25, 0.3) is 0 Å². The van der Waals surface area contributed by atoms with Crippen LogP contribution in [0.15, 0.2) is 47.5 Å². The molecule has 0 spiro atoms. The molecule has 0 bridgehead atoms. The first-order valence-corrected chi connectivity index (χ1v) is 12.5. The normalized spacial score (nSPS) is 26.0. The van der Waals surface area contributed by atoms with Gasteiger partial charge in [-0.3, -0.25) is 9.88 Å². The van der Waals surface area contributed by atoms with Crippen LogP contribution in [0.2, 0.25) is 5.02 Å². The molecule has 1 aromatic heterocycles. The minimum Gasteiger partial charge on any atom is -0.365 e. The molecule has 2 aliphatic heterocycles. The molecule has 1 aromatic carbocycles. The number of aryl methyl sites for hydroxylation is 1. The highest BCUT2D eigenvalue weighted by Crippen LogP contribution is 2.50. The first kappa shape index (κ1) is 22.6. The first-order valence-electron chi connectivity index (χ1n) is 10.2. The fraction of sp³-hybridized carbons (Fsp3) is 0.500. The zero-order valence-electron chi connectivity index (χ0n) is 17.2. The van der Waals surface area contributed by atoms with E-state index < -0.39 is 33.9 Å². The van der Waals surface area contributed by atoms with Gasteiger partial charge in [-0.25, -0.2) is 17.2 Å². The Bertz CT molecular complexity index is 1030. The summed E-state index contributed by atoms with van der Waals surface area (Å²) in [6.45, 7) is 1.35. The standard InChI is InChI=1S/C22H25ClF2N2O3S/c1-31(28,29)19-7-6-18(26-12-19)8-9-21(20-22(24,25)15-30-20)10-11-27(14-21)13-16-2-4-17(23)5-3-16/h2-7,12,20H,8-11,13-15H2,1H3/t20-,21-/m1/s1. The predicted molar refractivity (Wildman–Crippen MR) is 114 cm³/mol. The number of benzene rings is 1. The Balaban J connectivity index is 1.48. The summed E-state index contributed by atoms with van der Waals surface area (Å²) in [5, 5.41) is 0.663. The highest BCUT2D eigenvalue weighted by atomic mass is 35.5. The minimum atomic E-state index is -3.32. The number of hydrogen-bond acceptors (Lipinski definition) is 5. The molecule has 2 aliphatic rings. The molecule has 0 unspecified atom stereocenters. The molecule has 0 aliphatic carbocycles. The fourth-order valence-corrected chi connectivity index (χ4v) is 5.27. The maximum absolute atomic E-state index is 14.4. The second-order valence-electron chi connectivity index (χ2n) is 8.66. The lowest BCUT2D eigenvalue weighted by molar-refractivity contribution is -0.301. The average Bonchev–Trinajstić information content (AvgIpc) is 3.10. The number of rotatable bonds is 7. The van der Waals surface area contributed by atoms with Gasteiger partial charge in [-0.15, -0.1) is 0 Å². The molecule has 2 saturated heterocycles. The number of sulfone groups is 1. The van der Waals surface area contributed by atoms with Crippen molar-refractivity contribution in [2.45, 2.75) is 42.7 Å². The van der Waals surface area contributed by atoms with E-state index in [0.29, 0.717) is 49.6 Å². The predicted octanol–water partition coefficient (Wildman–Crippen LogP) is 4.00. The zero-order valence-corrected chi connectivity index (χ0v) is 18.8. The average molecular weight is 471 g/mol. The van der Waals surface area contributed by atoms with Crippen LogP contribution in [0.3, 0.4) is 0 Å². The van der Waals surface area contributed by atoms with E-state index in [1.807, 2.05) is 24.3 Å². The molecule has 2 atom stereocenters. The second-order valence-corrected chi connectivity index (χ2v) is 11.1. The first-order chi connectivity index (χ1) is 14.6. The van der Waals surface area contributed by atoms with E-state index in [2.05, 4.69) is 9.88 Å². The number of nitrogens with zero attached hydrogens (tertiary/aromatic N) is 2. The van der Waals surface area contributed by atoms with Gasteiger partial charge in [0.1, 0.15) is 12.7 Å². The lowest BCUT2D eigenvalue weighted by Crippen LogP contribution is -2.61. The highest BCUT2D eigenvalue weighted by Gasteiger charge is 2.61. The molecule has 31 heavy (non-hydrogen) atoms. The summed E-state index contributed by atoms with van der Waals surface area (Å²) in [6.07, 6.45) is 2.94. The van der Waals surface area contributed by atoms with Crippen LogP contribution in [-0.4, -0.2) is 56.3 Å². The van der Waals surface area contributed by atoms with E-state index in [4.69, 9.17) is 16.3 Å². The van der Waals surface area contributed by atoms with Crippen molar-refractivity contribution in [3.8, 4) is 0 Å². The molecule has 9 heteroatoms. The minimum absolute atomic E-state index is 0.148. The van der Waals surface area contributed by atoms with Crippen molar-refractivity contribution in [2.75, 3.05) is 26.0 Å². The van der Waals surface area contributed by atoms with Crippen molar-refractivity contribution in [1.29, 1.82) is 0 Å². The zero-order chi connectivity index (χ0) is 22.3. The third-order valence-electron chi connectivity index (χ3n) is 6.27. The molecule has 0 radical (unpaired) electrons. The Hall–Kier alpha value is -1.61. The molecular weight excluding hydrogens is 446 g/mol. The summed E-state index contributed by atoms with van der Waals surface area (Å²) in [5.41, 5.74) is 1.09. The van der Waals surface area contributed by atoms with Crippen LogP contribution >= 0.6 is 11.6 Å². The van der Waals surface area contributed by atoms with Crippen LogP contribution in [0.5, 0.6) is 0 Å². The van der Waals surface area contributed by atoms with Gasteiger partial charge in [-0.2, -0.15) is 0 Å². The Morgan fingerprint density at radius 3 is 2.52 bits per heavy atom. The Labute approximate surface area is 186 Å². The van der Waals surface area contributed by atoms with E-state index in [-0.39, 0.29) is 4.90 Å². The van der Waals surface area contributed by atoms with Gasteiger partial charge in [0.05, 0.1) is 4.90 Å². The largest absolute Gasteiger partial charge is 0.365 e. The molecule has 2 aromatic rings. The quantitative estimate of drug-likeness (QED) is 0.612. The summed E-state index contributed by atoms with van der Waals surface area (Å²) >= 11 is 5.95. The SMILES string of the molecule is CS(=O)(=O)c1ccc(CC[C@@]2([C@H]3OCC3(F)F)CCN(Cc3ccc(Cl)cc3)C2)nc1. The Kier molecular flexibility index (Phi) is 6.11. The number of alkyl halides is 2. The van der Waals surface area contributed by atoms with Crippen molar-refractivity contribution in [3.05, 3.63) is 58.9 Å². The van der Waals surface area contributed by atoms with E-state index >= 15 is 0 Å². The van der Waals surface area contributed by atoms with Gasteiger partial charge in [0, 0.05) is 41.7 Å². The van der Waals surface area contributed by atoms with Gasteiger partial charge in [0.25, 0.3) is 5.92 Å². The number of aromatic nitrogens is 1. The van der Waals surface area contributed by atoms with E-state index in [1.165, 1.54) is 12.3 Å². The van der Waals surface area contributed by atoms with Crippen molar-refractivity contribution in [3.63, 3.8) is 0 Å². The van der Waals surface area contributed by atoms with E-state index in [1.54, 1.807) is 6.07 Å². The van der Waals surface area contributed by atoms with Gasteiger partial charge in [-0.05, 0) is 55.6 Å². The maximum atomic E-state index is 14.4. The van der Waals surface area contributed by atoms with Gasteiger partial charge < -0.3 is 4.74 Å². The third kappa shape index (κ3) is 4.92. The monoisotopic (exact) mass is 470 g/mol. The summed E-state index contributed by atoms with van der Waals surface area (Å²) in [5.74, 6) is -2.83.